The first-order valence-corrected chi connectivity index (χ1v) is 9.77. The topological polar surface area (TPSA) is 109 Å². The fourth-order valence-corrected chi connectivity index (χ4v) is 4.23. The van der Waals surface area contributed by atoms with Gasteiger partial charge in [0.15, 0.2) is 0 Å². The van der Waals surface area contributed by atoms with Gasteiger partial charge in [-0.1, -0.05) is 0 Å². The van der Waals surface area contributed by atoms with Gasteiger partial charge in [-0.25, -0.2) is 4.98 Å². The average Bonchev–Trinajstić information content (AvgIpc) is 3.09. The molecule has 142 valence electrons. The van der Waals surface area contributed by atoms with Crippen LogP contribution in [0.3, 0.4) is 0 Å². The van der Waals surface area contributed by atoms with Crippen LogP contribution in [0.4, 0.5) is 0 Å². The first kappa shape index (κ1) is 19.3. The Morgan fingerprint density at radius 3 is 2.74 bits per heavy atom. The molecule has 2 amide bonds. The molecule has 3 heterocycles. The van der Waals surface area contributed by atoms with Crippen molar-refractivity contribution in [1.29, 1.82) is 0 Å². The lowest BCUT2D eigenvalue weighted by Gasteiger charge is -2.08. The summed E-state index contributed by atoms with van der Waals surface area (Å²) in [6, 6.07) is 1.65. The molecule has 0 aliphatic carbocycles. The second kappa shape index (κ2) is 7.65. The van der Waals surface area contributed by atoms with Crippen LogP contribution in [0.25, 0.3) is 10.2 Å². The van der Waals surface area contributed by atoms with Crippen molar-refractivity contribution in [3.8, 4) is 0 Å². The maximum absolute atomic E-state index is 12.2. The highest BCUT2D eigenvalue weighted by Gasteiger charge is 2.14. The van der Waals surface area contributed by atoms with E-state index in [4.69, 9.17) is 0 Å². The van der Waals surface area contributed by atoms with E-state index in [0.717, 1.165) is 14.9 Å². The van der Waals surface area contributed by atoms with Gasteiger partial charge < -0.3 is 9.55 Å². The summed E-state index contributed by atoms with van der Waals surface area (Å²) >= 11 is 4.75. The molecule has 0 radical (unpaired) electrons. The van der Waals surface area contributed by atoms with Gasteiger partial charge in [0.1, 0.15) is 16.3 Å². The number of fused-ring (bicyclic) bond motifs is 1. The number of halogens is 1. The van der Waals surface area contributed by atoms with E-state index in [0.29, 0.717) is 21.7 Å². The van der Waals surface area contributed by atoms with E-state index in [1.54, 1.807) is 23.9 Å². The summed E-state index contributed by atoms with van der Waals surface area (Å²) in [5.41, 5.74) is 5.88. The molecule has 3 rings (SSSR count). The van der Waals surface area contributed by atoms with Gasteiger partial charge in [-0.05, 0) is 41.4 Å². The molecule has 0 unspecified atom stereocenters. The largest absolute Gasteiger partial charge is 0.345 e. The summed E-state index contributed by atoms with van der Waals surface area (Å²) in [6.07, 6.45) is 2.08. The summed E-state index contributed by atoms with van der Waals surface area (Å²) in [5.74, 6) is -0.353. The number of hydrazine groups is 1. The zero-order valence-corrected chi connectivity index (χ0v) is 17.4. The fraction of sp³-hybridized carbons (Fsp3) is 0.294. The van der Waals surface area contributed by atoms with E-state index < -0.39 is 5.91 Å². The molecule has 3 aromatic heterocycles. The first-order valence-electron chi connectivity index (χ1n) is 8.16. The molecule has 0 aromatic carbocycles. The minimum atomic E-state index is -0.422. The number of hydrogen-bond acceptors (Lipinski definition) is 5. The lowest BCUT2D eigenvalue weighted by molar-refractivity contribution is -0.121. The Morgan fingerprint density at radius 2 is 2.07 bits per heavy atom. The van der Waals surface area contributed by atoms with Crippen molar-refractivity contribution in [2.24, 2.45) is 7.05 Å². The minimum absolute atomic E-state index is 0.0783. The molecule has 0 atom stereocenters. The smallest absolute Gasteiger partial charge is 0.286 e. The molecule has 27 heavy (non-hydrogen) atoms. The third kappa shape index (κ3) is 4.11. The SMILES string of the molecule is Cc1sc2nc(CCC(=O)NNC(=O)c3cc(Br)cn3C)[nH]c(=O)c2c1C. The monoisotopic (exact) mass is 451 g/mol. The van der Waals surface area contributed by atoms with Crippen LogP contribution in [0.2, 0.25) is 0 Å². The molecular formula is C17H18BrN5O3S. The van der Waals surface area contributed by atoms with Gasteiger partial charge in [0.25, 0.3) is 11.5 Å². The van der Waals surface area contributed by atoms with E-state index in [-0.39, 0.29) is 24.3 Å². The molecule has 8 nitrogen and oxygen atoms in total. The predicted molar refractivity (Wildman–Crippen MR) is 107 cm³/mol. The highest BCUT2D eigenvalue weighted by atomic mass is 79.9. The number of nitrogens with zero attached hydrogens (tertiary/aromatic N) is 2. The molecule has 0 aliphatic rings. The number of aromatic nitrogens is 3. The Labute approximate surface area is 167 Å². The molecule has 0 fully saturated rings. The van der Waals surface area contributed by atoms with E-state index >= 15 is 0 Å². The standard InChI is InChI=1S/C17H18BrN5O3S/c1-8-9(2)27-17-14(8)16(26)19-12(20-17)4-5-13(24)21-22-15(25)11-6-10(18)7-23(11)3/h6-7H,4-5H2,1-3H3,(H,21,24)(H,22,25)(H,19,20,26). The third-order valence-corrected chi connectivity index (χ3v) is 5.73. The van der Waals surface area contributed by atoms with Gasteiger partial charge in [0.2, 0.25) is 5.91 Å². The average molecular weight is 452 g/mol. The Balaban J connectivity index is 1.59. The molecule has 0 aliphatic heterocycles. The van der Waals surface area contributed by atoms with Crippen molar-refractivity contribution in [3.05, 3.63) is 49.0 Å². The van der Waals surface area contributed by atoms with Gasteiger partial charge in [-0.3, -0.25) is 25.2 Å². The van der Waals surface area contributed by atoms with Crippen LogP contribution in [0.5, 0.6) is 0 Å². The highest BCUT2D eigenvalue weighted by Crippen LogP contribution is 2.25. The third-order valence-electron chi connectivity index (χ3n) is 4.20. The van der Waals surface area contributed by atoms with Crippen molar-refractivity contribution in [2.45, 2.75) is 26.7 Å². The van der Waals surface area contributed by atoms with Crippen LogP contribution < -0.4 is 16.4 Å². The van der Waals surface area contributed by atoms with Crippen molar-refractivity contribution in [1.82, 2.24) is 25.4 Å². The summed E-state index contributed by atoms with van der Waals surface area (Å²) in [5, 5.41) is 0.603. The number of nitrogens with one attached hydrogen (secondary N) is 3. The number of aromatic amines is 1. The van der Waals surface area contributed by atoms with Crippen LogP contribution in [0.15, 0.2) is 21.5 Å². The predicted octanol–water partition coefficient (Wildman–Crippen LogP) is 2.10. The Bertz CT molecular complexity index is 1100. The van der Waals surface area contributed by atoms with Gasteiger partial charge in [-0.15, -0.1) is 11.3 Å². The second-order valence-corrected chi connectivity index (χ2v) is 8.25. The van der Waals surface area contributed by atoms with E-state index in [9.17, 15) is 14.4 Å². The maximum Gasteiger partial charge on any atom is 0.286 e. The summed E-state index contributed by atoms with van der Waals surface area (Å²) in [4.78, 5) is 45.2. The van der Waals surface area contributed by atoms with Crippen molar-refractivity contribution in [3.63, 3.8) is 0 Å². The van der Waals surface area contributed by atoms with Crippen LogP contribution in [0, 0.1) is 13.8 Å². The maximum atomic E-state index is 12.2. The van der Waals surface area contributed by atoms with E-state index in [1.807, 2.05) is 13.8 Å². The zero-order chi connectivity index (χ0) is 19.7. The van der Waals surface area contributed by atoms with E-state index in [1.165, 1.54) is 11.3 Å². The summed E-state index contributed by atoms with van der Waals surface area (Å²) in [7, 11) is 1.73. The normalized spacial score (nSPS) is 11.0. The number of carbonyl (C=O) groups is 2. The van der Waals surface area contributed by atoms with Crippen molar-refractivity contribution >= 4 is 49.3 Å². The summed E-state index contributed by atoms with van der Waals surface area (Å²) < 4.78 is 2.41. The van der Waals surface area contributed by atoms with Gasteiger partial charge in [0, 0.05) is 35.4 Å². The quantitative estimate of drug-likeness (QED) is 0.527. The lowest BCUT2D eigenvalue weighted by atomic mass is 10.2. The molecular weight excluding hydrogens is 434 g/mol. The molecule has 3 aromatic rings. The van der Waals surface area contributed by atoms with Gasteiger partial charge in [-0.2, -0.15) is 0 Å². The minimum Gasteiger partial charge on any atom is -0.345 e. The number of aryl methyl sites for hydroxylation is 4. The Morgan fingerprint density at radius 1 is 1.33 bits per heavy atom. The Hall–Kier alpha value is -2.46. The second-order valence-electron chi connectivity index (χ2n) is 6.13. The number of rotatable bonds is 4. The number of thiophene rings is 1. The molecule has 0 bridgehead atoms. The van der Waals surface area contributed by atoms with Gasteiger partial charge >= 0.3 is 0 Å². The van der Waals surface area contributed by atoms with Crippen LogP contribution in [-0.2, 0) is 18.3 Å². The van der Waals surface area contributed by atoms with Gasteiger partial charge in [0.05, 0.1) is 5.39 Å². The summed E-state index contributed by atoms with van der Waals surface area (Å²) in [6.45, 7) is 3.84. The lowest BCUT2D eigenvalue weighted by Crippen LogP contribution is -2.42. The van der Waals surface area contributed by atoms with Crippen molar-refractivity contribution < 1.29 is 9.59 Å². The van der Waals surface area contributed by atoms with Crippen molar-refractivity contribution in [2.75, 3.05) is 0 Å². The van der Waals surface area contributed by atoms with Crippen LogP contribution in [-0.4, -0.2) is 26.3 Å². The molecule has 10 heteroatoms. The number of amides is 2. The molecule has 0 saturated heterocycles. The van der Waals surface area contributed by atoms with Crippen LogP contribution >= 0.6 is 27.3 Å². The Kier molecular flexibility index (Phi) is 5.47. The fourth-order valence-electron chi connectivity index (χ4n) is 2.65. The molecule has 3 N–H and O–H groups in total. The number of hydrogen-bond donors (Lipinski definition) is 3. The molecule has 0 saturated carbocycles. The number of carbonyl (C=O) groups excluding carboxylic acids is 2. The van der Waals surface area contributed by atoms with E-state index in [2.05, 4.69) is 36.7 Å². The molecule has 0 spiro atoms. The number of H-pyrrole nitrogens is 1. The van der Waals surface area contributed by atoms with Crippen LogP contribution in [0.1, 0.15) is 33.2 Å². The first-order chi connectivity index (χ1) is 12.8. The zero-order valence-electron chi connectivity index (χ0n) is 15.0. The highest BCUT2D eigenvalue weighted by molar-refractivity contribution is 9.10.